The maximum Gasteiger partial charge on any atom is 0.387 e. The van der Waals surface area contributed by atoms with Crippen molar-refractivity contribution >= 4 is 23.4 Å². The summed E-state index contributed by atoms with van der Waals surface area (Å²) >= 11 is 0. The molecule has 0 saturated carbocycles. The molecule has 1 fully saturated rings. The van der Waals surface area contributed by atoms with Gasteiger partial charge in [0.25, 0.3) is 0 Å². The Morgan fingerprint density at radius 1 is 1.05 bits per heavy atom. The number of fused-ring (bicyclic) bond motifs is 1. The van der Waals surface area contributed by atoms with Crippen molar-refractivity contribution in [2.45, 2.75) is 45.1 Å². The van der Waals surface area contributed by atoms with Crippen LogP contribution in [0.1, 0.15) is 48.1 Å². The molecule has 9 nitrogen and oxygen atoms in total. The third-order valence-corrected chi connectivity index (χ3v) is 8.19. The number of carbonyl (C=O) groups is 1. The second kappa shape index (κ2) is 11.5. The van der Waals surface area contributed by atoms with E-state index in [2.05, 4.69) is 37.6 Å². The maximum atomic E-state index is 12.5. The molecule has 222 valence electrons. The number of halogens is 2. The lowest BCUT2D eigenvalue weighted by Gasteiger charge is -2.39. The number of imidazole rings is 1. The van der Waals surface area contributed by atoms with Crippen molar-refractivity contribution in [1.29, 1.82) is 0 Å². The summed E-state index contributed by atoms with van der Waals surface area (Å²) in [5.74, 6) is 1.45. The monoisotopic (exact) mass is 587 g/mol. The Hall–Kier alpha value is -4.80. The second-order valence-electron chi connectivity index (χ2n) is 11.1. The Kier molecular flexibility index (Phi) is 7.55. The van der Waals surface area contributed by atoms with Gasteiger partial charge in [0, 0.05) is 41.7 Å². The average molecular weight is 588 g/mol. The van der Waals surface area contributed by atoms with Gasteiger partial charge in [0.1, 0.15) is 29.5 Å². The van der Waals surface area contributed by atoms with Crippen LogP contribution in [0.25, 0.3) is 22.9 Å². The van der Waals surface area contributed by atoms with E-state index in [1.165, 1.54) is 12.1 Å². The highest BCUT2D eigenvalue weighted by Crippen LogP contribution is 2.40. The van der Waals surface area contributed by atoms with Crippen LogP contribution in [0.2, 0.25) is 0 Å². The summed E-state index contributed by atoms with van der Waals surface area (Å²) in [4.78, 5) is 30.7. The summed E-state index contributed by atoms with van der Waals surface area (Å²) in [6, 6.07) is 14.0. The first-order valence-electron chi connectivity index (χ1n) is 14.1. The minimum Gasteiger partial charge on any atom is -0.482 e. The number of rotatable bonds is 9. The van der Waals surface area contributed by atoms with Crippen LogP contribution < -0.4 is 14.4 Å². The maximum absolute atomic E-state index is 12.5. The number of allylic oxidation sites excluding steroid dienone is 1. The highest BCUT2D eigenvalue weighted by Gasteiger charge is 2.36. The molecule has 1 aliphatic carbocycles. The second-order valence-corrected chi connectivity index (χ2v) is 11.1. The van der Waals surface area contributed by atoms with Crippen molar-refractivity contribution < 1.29 is 28.2 Å². The number of nitrogens with zero attached hydrogens (tertiary/aromatic N) is 4. The minimum absolute atomic E-state index is 0.116. The lowest BCUT2D eigenvalue weighted by molar-refractivity contribution is -0.139. The standard InChI is InChI=1S/C32H31F2N5O4/c1-19-28(21-5-9-24(10-6-21)43-31(33)34)38-30(37-19)32(2)11-13-39(14-12-32)29-25-15-22(16-26(25)35-18-36-29)20-3-7-23(8-4-20)42-17-27(40)41/h3-10,15,18,31H,11-14,16-17H2,1-2H3,(H,37,38)(H,40,41). The number of carboxylic acids is 1. The molecule has 1 saturated heterocycles. The number of alkyl halides is 2. The lowest BCUT2D eigenvalue weighted by Crippen LogP contribution is -2.42. The number of piperidine rings is 1. The van der Waals surface area contributed by atoms with Gasteiger partial charge >= 0.3 is 12.6 Å². The van der Waals surface area contributed by atoms with E-state index in [9.17, 15) is 13.6 Å². The predicted molar refractivity (Wildman–Crippen MR) is 157 cm³/mol. The van der Waals surface area contributed by atoms with Gasteiger partial charge in [-0.2, -0.15) is 8.78 Å². The number of benzene rings is 2. The van der Waals surface area contributed by atoms with Crippen molar-refractivity contribution in [1.82, 2.24) is 19.9 Å². The molecule has 1 aliphatic heterocycles. The number of hydrogen-bond donors (Lipinski definition) is 2. The number of H-pyrrole nitrogens is 1. The van der Waals surface area contributed by atoms with Crippen molar-refractivity contribution in [3.8, 4) is 22.8 Å². The van der Waals surface area contributed by atoms with E-state index in [-0.39, 0.29) is 17.8 Å². The van der Waals surface area contributed by atoms with Crippen LogP contribution in [0.15, 0.2) is 54.9 Å². The zero-order valence-electron chi connectivity index (χ0n) is 23.8. The predicted octanol–water partition coefficient (Wildman–Crippen LogP) is 5.89. The molecule has 0 radical (unpaired) electrons. The molecule has 0 unspecified atom stereocenters. The van der Waals surface area contributed by atoms with Gasteiger partial charge < -0.3 is 24.5 Å². The molecule has 0 spiro atoms. The zero-order valence-corrected chi connectivity index (χ0v) is 23.8. The van der Waals surface area contributed by atoms with Crippen LogP contribution in [-0.4, -0.2) is 57.3 Å². The average Bonchev–Trinajstić information content (AvgIpc) is 3.61. The first kappa shape index (κ1) is 28.3. The largest absolute Gasteiger partial charge is 0.482 e. The third-order valence-electron chi connectivity index (χ3n) is 8.19. The Morgan fingerprint density at radius 3 is 2.40 bits per heavy atom. The number of aromatic amines is 1. The topological polar surface area (TPSA) is 113 Å². The number of aromatic nitrogens is 4. The Balaban J connectivity index is 1.15. The minimum atomic E-state index is -2.86. The summed E-state index contributed by atoms with van der Waals surface area (Å²) in [5, 5.41) is 8.83. The molecule has 2 aliphatic rings. The van der Waals surface area contributed by atoms with Gasteiger partial charge in [0.15, 0.2) is 6.61 Å². The van der Waals surface area contributed by atoms with Gasteiger partial charge in [0.05, 0.1) is 11.4 Å². The molecule has 4 aromatic rings. The van der Waals surface area contributed by atoms with Gasteiger partial charge in [0.2, 0.25) is 0 Å². The molecule has 3 heterocycles. The van der Waals surface area contributed by atoms with Crippen LogP contribution in [-0.2, 0) is 16.6 Å². The summed E-state index contributed by atoms with van der Waals surface area (Å²) in [6.45, 7) is 2.55. The molecule has 2 aromatic heterocycles. The van der Waals surface area contributed by atoms with E-state index in [1.54, 1.807) is 30.6 Å². The van der Waals surface area contributed by atoms with Crippen LogP contribution >= 0.6 is 0 Å². The van der Waals surface area contributed by atoms with Gasteiger partial charge in [-0.25, -0.2) is 19.7 Å². The Morgan fingerprint density at radius 2 is 1.72 bits per heavy atom. The van der Waals surface area contributed by atoms with Gasteiger partial charge in [-0.3, -0.25) is 0 Å². The van der Waals surface area contributed by atoms with Crippen molar-refractivity contribution in [3.05, 3.63) is 83.2 Å². The van der Waals surface area contributed by atoms with E-state index in [4.69, 9.17) is 14.8 Å². The SMILES string of the molecule is Cc1[nH]c(C2(C)CCN(c3ncnc4c3C=C(c3ccc(OCC(=O)O)cc3)C4)CC2)nc1-c1ccc(OC(F)F)cc1. The molecule has 11 heteroatoms. The van der Waals surface area contributed by atoms with E-state index >= 15 is 0 Å². The van der Waals surface area contributed by atoms with Crippen molar-refractivity contribution in [2.75, 3.05) is 24.6 Å². The van der Waals surface area contributed by atoms with Gasteiger partial charge in [-0.1, -0.05) is 19.1 Å². The van der Waals surface area contributed by atoms with Crippen molar-refractivity contribution in [3.63, 3.8) is 0 Å². The number of anilines is 1. The number of hydrogen-bond acceptors (Lipinski definition) is 7. The quantitative estimate of drug-likeness (QED) is 0.249. The highest BCUT2D eigenvalue weighted by atomic mass is 19.3. The van der Waals surface area contributed by atoms with Crippen molar-refractivity contribution in [2.24, 2.45) is 0 Å². The van der Waals surface area contributed by atoms with Crippen LogP contribution in [0.4, 0.5) is 14.6 Å². The number of carboxylic acid groups (broad SMARTS) is 1. The fourth-order valence-electron chi connectivity index (χ4n) is 5.73. The Bertz CT molecular complexity index is 1660. The van der Waals surface area contributed by atoms with Crippen LogP contribution in [0, 0.1) is 6.92 Å². The third kappa shape index (κ3) is 5.93. The molecule has 0 atom stereocenters. The van der Waals surface area contributed by atoms with E-state index in [1.807, 2.05) is 19.1 Å². The van der Waals surface area contributed by atoms with Gasteiger partial charge in [-0.15, -0.1) is 0 Å². The molecule has 2 N–H and O–H groups in total. The summed E-state index contributed by atoms with van der Waals surface area (Å²) < 4.78 is 34.8. The normalized spacial score (nSPS) is 15.7. The van der Waals surface area contributed by atoms with Gasteiger partial charge in [-0.05, 0) is 73.4 Å². The van der Waals surface area contributed by atoms with E-state index in [0.717, 1.165) is 76.9 Å². The highest BCUT2D eigenvalue weighted by molar-refractivity contribution is 5.91. The molecular formula is C32H31F2N5O4. The van der Waals surface area contributed by atoms with E-state index in [0.29, 0.717) is 12.2 Å². The molecule has 2 aromatic carbocycles. The number of aryl methyl sites for hydroxylation is 1. The summed E-state index contributed by atoms with van der Waals surface area (Å²) in [5.41, 5.74) is 6.56. The smallest absolute Gasteiger partial charge is 0.387 e. The van der Waals surface area contributed by atoms with E-state index < -0.39 is 12.6 Å². The Labute approximate surface area is 247 Å². The lowest BCUT2D eigenvalue weighted by atomic mass is 9.79. The number of ether oxygens (including phenoxy) is 2. The molecule has 0 amide bonds. The van der Waals surface area contributed by atoms with Crippen LogP contribution in [0.5, 0.6) is 11.5 Å². The number of aliphatic carboxylic acids is 1. The summed E-state index contributed by atoms with van der Waals surface area (Å²) in [7, 11) is 0. The first-order valence-corrected chi connectivity index (χ1v) is 14.1. The number of nitrogens with one attached hydrogen (secondary N) is 1. The molecule has 6 rings (SSSR count). The first-order chi connectivity index (χ1) is 20.7. The molecule has 0 bridgehead atoms. The fraction of sp³-hybridized carbons (Fsp3) is 0.312. The zero-order chi connectivity index (χ0) is 30.1. The molecular weight excluding hydrogens is 556 g/mol. The summed E-state index contributed by atoms with van der Waals surface area (Å²) in [6.07, 6.45) is 6.20. The fourth-order valence-corrected chi connectivity index (χ4v) is 5.73. The molecule has 43 heavy (non-hydrogen) atoms. The van der Waals surface area contributed by atoms with Crippen LogP contribution in [0.3, 0.4) is 0 Å².